The molecule has 1 aliphatic heterocycles. The Hall–Kier alpha value is -3.48. The van der Waals surface area contributed by atoms with Crippen LogP contribution in [-0.2, 0) is 13.5 Å². The SMILES string of the molecule is Cc1c(NCCc2nc3ccccc3n2C)ncnc1N1CCC(c2ccccn2)C1. The van der Waals surface area contributed by atoms with Crippen LogP contribution in [0.2, 0.25) is 0 Å². The Labute approximate surface area is 182 Å². The van der Waals surface area contributed by atoms with Crippen molar-refractivity contribution >= 4 is 22.7 Å². The Kier molecular flexibility index (Phi) is 5.24. The van der Waals surface area contributed by atoms with Crippen molar-refractivity contribution in [2.75, 3.05) is 29.9 Å². The lowest BCUT2D eigenvalue weighted by atomic mass is 10.0. The van der Waals surface area contributed by atoms with E-state index in [0.29, 0.717) is 5.92 Å². The van der Waals surface area contributed by atoms with Gasteiger partial charge in [-0.25, -0.2) is 15.0 Å². The van der Waals surface area contributed by atoms with Gasteiger partial charge in [-0.05, 0) is 37.6 Å². The summed E-state index contributed by atoms with van der Waals surface area (Å²) < 4.78 is 2.16. The lowest BCUT2D eigenvalue weighted by molar-refractivity contribution is 0.743. The average molecular weight is 414 g/mol. The van der Waals surface area contributed by atoms with Gasteiger partial charge in [0.2, 0.25) is 0 Å². The molecule has 1 atom stereocenters. The van der Waals surface area contributed by atoms with Gasteiger partial charge in [-0.3, -0.25) is 4.98 Å². The highest BCUT2D eigenvalue weighted by molar-refractivity contribution is 5.75. The summed E-state index contributed by atoms with van der Waals surface area (Å²) in [5, 5.41) is 3.50. The second-order valence-electron chi connectivity index (χ2n) is 8.11. The minimum atomic E-state index is 0.449. The minimum Gasteiger partial charge on any atom is -0.369 e. The van der Waals surface area contributed by atoms with Gasteiger partial charge in [0.25, 0.3) is 0 Å². The van der Waals surface area contributed by atoms with Crippen LogP contribution in [0.5, 0.6) is 0 Å². The first-order chi connectivity index (χ1) is 15.2. The highest BCUT2D eigenvalue weighted by Gasteiger charge is 2.27. The molecule has 1 N–H and O–H groups in total. The molecule has 7 nitrogen and oxygen atoms in total. The van der Waals surface area contributed by atoms with E-state index < -0.39 is 0 Å². The summed E-state index contributed by atoms with van der Waals surface area (Å²) in [6.45, 7) is 4.79. The Morgan fingerprint density at radius 2 is 1.94 bits per heavy atom. The number of aromatic nitrogens is 5. The summed E-state index contributed by atoms with van der Waals surface area (Å²) in [5.41, 5.74) is 4.46. The van der Waals surface area contributed by atoms with Crippen molar-refractivity contribution in [3.63, 3.8) is 0 Å². The molecule has 7 heteroatoms. The molecule has 5 rings (SSSR count). The Balaban J connectivity index is 1.26. The van der Waals surface area contributed by atoms with Crippen molar-refractivity contribution in [2.24, 2.45) is 7.05 Å². The number of pyridine rings is 1. The molecule has 1 fully saturated rings. The molecule has 0 amide bonds. The van der Waals surface area contributed by atoms with Gasteiger partial charge in [0.1, 0.15) is 23.8 Å². The zero-order valence-electron chi connectivity index (χ0n) is 18.0. The second kappa shape index (κ2) is 8.34. The van der Waals surface area contributed by atoms with E-state index in [1.807, 2.05) is 18.3 Å². The minimum absolute atomic E-state index is 0.449. The van der Waals surface area contributed by atoms with E-state index in [1.54, 1.807) is 6.33 Å². The number of aryl methyl sites for hydroxylation is 1. The lowest BCUT2D eigenvalue weighted by Crippen LogP contribution is -2.22. The number of anilines is 2. The summed E-state index contributed by atoms with van der Waals surface area (Å²) in [6, 6.07) is 14.4. The third-order valence-electron chi connectivity index (χ3n) is 6.17. The van der Waals surface area contributed by atoms with Crippen LogP contribution in [0.4, 0.5) is 11.6 Å². The second-order valence-corrected chi connectivity index (χ2v) is 8.11. The molecule has 4 aromatic rings. The molecular weight excluding hydrogens is 386 g/mol. The maximum atomic E-state index is 4.76. The van der Waals surface area contributed by atoms with Crippen molar-refractivity contribution in [1.82, 2.24) is 24.5 Å². The van der Waals surface area contributed by atoms with E-state index in [-0.39, 0.29) is 0 Å². The predicted molar refractivity (Wildman–Crippen MR) is 123 cm³/mol. The van der Waals surface area contributed by atoms with Gasteiger partial charge in [0.15, 0.2) is 0 Å². The standard InChI is InChI=1S/C24H27N7/c1-17-23(26-13-10-22-29-20-8-3-4-9-21(20)30(22)2)27-16-28-24(17)31-14-11-18(15-31)19-7-5-6-12-25-19/h3-9,12,16,18H,10-11,13-15H2,1-2H3,(H,26,27,28). The molecular formula is C24H27N7. The van der Waals surface area contributed by atoms with E-state index >= 15 is 0 Å². The third-order valence-corrected chi connectivity index (χ3v) is 6.17. The molecule has 0 bridgehead atoms. The van der Waals surface area contributed by atoms with E-state index in [2.05, 4.69) is 74.0 Å². The molecule has 1 saturated heterocycles. The Morgan fingerprint density at radius 3 is 2.77 bits per heavy atom. The number of nitrogens with one attached hydrogen (secondary N) is 1. The van der Waals surface area contributed by atoms with E-state index in [4.69, 9.17) is 4.98 Å². The van der Waals surface area contributed by atoms with Crippen LogP contribution in [0, 0.1) is 6.92 Å². The quantitative estimate of drug-likeness (QED) is 0.520. The molecule has 0 saturated carbocycles. The molecule has 0 spiro atoms. The van der Waals surface area contributed by atoms with Crippen LogP contribution in [0.25, 0.3) is 11.0 Å². The first-order valence-corrected chi connectivity index (χ1v) is 10.8. The zero-order valence-corrected chi connectivity index (χ0v) is 18.0. The van der Waals surface area contributed by atoms with Crippen LogP contribution in [0.1, 0.15) is 29.4 Å². The number of imidazole rings is 1. The first-order valence-electron chi connectivity index (χ1n) is 10.8. The van der Waals surface area contributed by atoms with E-state index in [9.17, 15) is 0 Å². The van der Waals surface area contributed by atoms with E-state index in [1.165, 1.54) is 0 Å². The van der Waals surface area contributed by atoms with Gasteiger partial charge in [-0.1, -0.05) is 18.2 Å². The summed E-state index contributed by atoms with van der Waals surface area (Å²) in [5.74, 6) is 3.42. The van der Waals surface area contributed by atoms with Crippen LogP contribution < -0.4 is 10.2 Å². The zero-order chi connectivity index (χ0) is 21.2. The van der Waals surface area contributed by atoms with Gasteiger partial charge in [-0.2, -0.15) is 0 Å². The average Bonchev–Trinajstić information content (AvgIpc) is 3.41. The molecule has 31 heavy (non-hydrogen) atoms. The van der Waals surface area contributed by atoms with Crippen LogP contribution in [-0.4, -0.2) is 44.1 Å². The molecule has 0 radical (unpaired) electrons. The Morgan fingerprint density at radius 1 is 1.06 bits per heavy atom. The molecule has 3 aromatic heterocycles. The number of fused-ring (bicyclic) bond motifs is 1. The molecule has 1 unspecified atom stereocenters. The number of hydrogen-bond acceptors (Lipinski definition) is 6. The fourth-order valence-corrected chi connectivity index (χ4v) is 4.46. The van der Waals surface area contributed by atoms with Gasteiger partial charge < -0.3 is 14.8 Å². The van der Waals surface area contributed by atoms with Crippen LogP contribution >= 0.6 is 0 Å². The van der Waals surface area contributed by atoms with Crippen LogP contribution in [0.15, 0.2) is 55.0 Å². The number of rotatable bonds is 6. The lowest BCUT2D eigenvalue weighted by Gasteiger charge is -2.21. The monoisotopic (exact) mass is 413 g/mol. The Bertz CT molecular complexity index is 1190. The molecule has 4 heterocycles. The topological polar surface area (TPSA) is 71.8 Å². The third kappa shape index (κ3) is 3.83. The predicted octanol–water partition coefficient (Wildman–Crippen LogP) is 3.72. The number of hydrogen-bond donors (Lipinski definition) is 1. The number of nitrogens with zero attached hydrogens (tertiary/aromatic N) is 6. The fourth-order valence-electron chi connectivity index (χ4n) is 4.46. The summed E-state index contributed by atoms with van der Waals surface area (Å²) in [7, 11) is 2.07. The summed E-state index contributed by atoms with van der Waals surface area (Å²) >= 11 is 0. The highest BCUT2D eigenvalue weighted by atomic mass is 15.2. The normalized spacial score (nSPS) is 16.2. The summed E-state index contributed by atoms with van der Waals surface area (Å²) in [4.78, 5) is 20.7. The van der Waals surface area contributed by atoms with Gasteiger partial charge in [0.05, 0.1) is 11.0 Å². The molecule has 158 valence electrons. The van der Waals surface area contributed by atoms with Crippen molar-refractivity contribution in [3.05, 3.63) is 72.1 Å². The number of benzene rings is 1. The van der Waals surface area contributed by atoms with Gasteiger partial charge in [0, 0.05) is 56.5 Å². The van der Waals surface area contributed by atoms with Crippen molar-refractivity contribution in [3.8, 4) is 0 Å². The fraction of sp³-hybridized carbons (Fsp3) is 0.333. The molecule has 1 aromatic carbocycles. The first kappa shape index (κ1) is 19.5. The summed E-state index contributed by atoms with van der Waals surface area (Å²) in [6.07, 6.45) is 5.46. The maximum Gasteiger partial charge on any atom is 0.137 e. The van der Waals surface area contributed by atoms with Crippen molar-refractivity contribution in [2.45, 2.75) is 25.7 Å². The largest absolute Gasteiger partial charge is 0.369 e. The highest BCUT2D eigenvalue weighted by Crippen LogP contribution is 2.31. The van der Waals surface area contributed by atoms with Crippen LogP contribution in [0.3, 0.4) is 0 Å². The van der Waals surface area contributed by atoms with Gasteiger partial charge >= 0.3 is 0 Å². The number of para-hydroxylation sites is 2. The van der Waals surface area contributed by atoms with E-state index in [0.717, 1.165) is 72.2 Å². The molecule has 0 aliphatic carbocycles. The van der Waals surface area contributed by atoms with Crippen molar-refractivity contribution < 1.29 is 0 Å². The molecule has 1 aliphatic rings. The maximum absolute atomic E-state index is 4.76. The van der Waals surface area contributed by atoms with Crippen molar-refractivity contribution in [1.29, 1.82) is 0 Å². The van der Waals surface area contributed by atoms with Gasteiger partial charge in [-0.15, -0.1) is 0 Å². The smallest absolute Gasteiger partial charge is 0.137 e.